The van der Waals surface area contributed by atoms with Crippen molar-refractivity contribution < 1.29 is 0 Å². The summed E-state index contributed by atoms with van der Waals surface area (Å²) in [5.74, 6) is 1.93. The van der Waals surface area contributed by atoms with Crippen LogP contribution in [0.3, 0.4) is 0 Å². The Labute approximate surface area is 120 Å². The zero-order valence-electron chi connectivity index (χ0n) is 9.83. The molecule has 0 amide bonds. The van der Waals surface area contributed by atoms with Crippen LogP contribution in [-0.2, 0) is 6.42 Å². The summed E-state index contributed by atoms with van der Waals surface area (Å²) in [4.78, 5) is 4.29. The molecule has 92 valence electrons. The summed E-state index contributed by atoms with van der Waals surface area (Å²) in [5.41, 5.74) is 1.89. The zero-order valence-corrected chi connectivity index (χ0v) is 13.0. The zero-order chi connectivity index (χ0) is 11.9. The lowest BCUT2D eigenvalue weighted by atomic mass is 9.71. The summed E-state index contributed by atoms with van der Waals surface area (Å²) in [5, 5.41) is 1.15. The average Bonchev–Trinajstić information content (AvgIpc) is 2.89. The van der Waals surface area contributed by atoms with E-state index in [1.165, 1.54) is 37.7 Å². The molecule has 2 fully saturated rings. The van der Waals surface area contributed by atoms with E-state index in [0.717, 1.165) is 21.6 Å². The Morgan fingerprint density at radius 2 is 2.24 bits per heavy atom. The summed E-state index contributed by atoms with van der Waals surface area (Å²) < 4.78 is 1.10. The van der Waals surface area contributed by atoms with E-state index in [9.17, 15) is 0 Å². The number of rotatable bonds is 3. The molecule has 2 aliphatic carbocycles. The van der Waals surface area contributed by atoms with Crippen molar-refractivity contribution in [3.8, 4) is 0 Å². The van der Waals surface area contributed by atoms with Gasteiger partial charge in [-0.1, -0.05) is 22.4 Å². The first-order valence-electron chi connectivity index (χ1n) is 6.37. The maximum Gasteiger partial charge on any atom is 0.0410 e. The molecular weight excluding hydrogens is 342 g/mol. The first-order valence-corrected chi connectivity index (χ1v) is 8.29. The van der Waals surface area contributed by atoms with E-state index in [0.29, 0.717) is 5.41 Å². The molecule has 0 N–H and O–H groups in total. The van der Waals surface area contributed by atoms with Gasteiger partial charge in [0.2, 0.25) is 0 Å². The van der Waals surface area contributed by atoms with Gasteiger partial charge in [-0.15, -0.1) is 0 Å². The Bertz CT molecular complexity index is 420. The van der Waals surface area contributed by atoms with Crippen molar-refractivity contribution in [2.24, 2.45) is 17.3 Å². The third kappa shape index (κ3) is 2.21. The highest BCUT2D eigenvalue weighted by molar-refractivity contribution is 9.10. The standard InChI is InChI=1S/C14H17Br2N/c15-9-14(5-10-1-2-12(14)3-10)6-11-4-13(16)8-17-7-11/h4,7-8,10,12H,1-3,5-6,9H2. The normalized spacial score (nSPS) is 35.4. The molecule has 1 heterocycles. The second kappa shape index (κ2) is 4.65. The molecule has 3 heteroatoms. The molecule has 1 nitrogen and oxygen atoms in total. The summed E-state index contributed by atoms with van der Waals surface area (Å²) in [6, 6.07) is 2.23. The first-order chi connectivity index (χ1) is 8.22. The van der Waals surface area contributed by atoms with E-state index in [1.807, 2.05) is 12.4 Å². The lowest BCUT2D eigenvalue weighted by Gasteiger charge is -2.36. The molecule has 0 radical (unpaired) electrons. The molecule has 0 aromatic carbocycles. The Hall–Kier alpha value is 0.110. The largest absolute Gasteiger partial charge is 0.263 e. The van der Waals surface area contributed by atoms with Gasteiger partial charge in [-0.25, -0.2) is 0 Å². The minimum absolute atomic E-state index is 0.505. The number of halogens is 2. The van der Waals surface area contributed by atoms with Crippen molar-refractivity contribution in [2.45, 2.75) is 32.1 Å². The monoisotopic (exact) mass is 357 g/mol. The van der Waals surface area contributed by atoms with Gasteiger partial charge in [0.15, 0.2) is 0 Å². The van der Waals surface area contributed by atoms with Gasteiger partial charge in [-0.3, -0.25) is 4.98 Å². The highest BCUT2D eigenvalue weighted by atomic mass is 79.9. The van der Waals surface area contributed by atoms with Crippen LogP contribution in [-0.4, -0.2) is 10.3 Å². The third-order valence-corrected chi connectivity index (χ3v) is 6.24. The van der Waals surface area contributed by atoms with Gasteiger partial charge in [0.05, 0.1) is 0 Å². The molecule has 1 aromatic rings. The second-order valence-corrected chi connectivity index (χ2v) is 7.24. The number of aromatic nitrogens is 1. The Kier molecular flexibility index (Phi) is 3.33. The lowest BCUT2D eigenvalue weighted by Crippen LogP contribution is -2.32. The molecule has 0 saturated heterocycles. The van der Waals surface area contributed by atoms with Crippen molar-refractivity contribution in [3.05, 3.63) is 28.5 Å². The van der Waals surface area contributed by atoms with Crippen LogP contribution >= 0.6 is 31.9 Å². The third-order valence-electron chi connectivity index (χ3n) is 4.69. The molecule has 0 aliphatic heterocycles. The Morgan fingerprint density at radius 1 is 1.35 bits per heavy atom. The number of alkyl halides is 1. The SMILES string of the molecule is BrCC1(Cc2cncc(Br)c2)CC2CCC1C2. The van der Waals surface area contributed by atoms with E-state index in [2.05, 4.69) is 42.9 Å². The molecular formula is C14H17Br2N. The molecule has 2 saturated carbocycles. The second-order valence-electron chi connectivity index (χ2n) is 5.76. The van der Waals surface area contributed by atoms with Gasteiger partial charge in [-0.05, 0) is 70.5 Å². The van der Waals surface area contributed by atoms with Gasteiger partial charge in [0.1, 0.15) is 0 Å². The quantitative estimate of drug-likeness (QED) is 0.720. The highest BCUT2D eigenvalue weighted by Crippen LogP contribution is 2.57. The van der Waals surface area contributed by atoms with Gasteiger partial charge < -0.3 is 0 Å². The van der Waals surface area contributed by atoms with Crippen LogP contribution < -0.4 is 0 Å². The summed E-state index contributed by atoms with van der Waals surface area (Å²) in [6.07, 6.45) is 10.9. The minimum Gasteiger partial charge on any atom is -0.263 e. The number of hydrogen-bond acceptors (Lipinski definition) is 1. The van der Waals surface area contributed by atoms with E-state index in [1.54, 1.807) is 0 Å². The smallest absolute Gasteiger partial charge is 0.0410 e. The molecule has 3 unspecified atom stereocenters. The molecule has 2 aliphatic rings. The van der Waals surface area contributed by atoms with Gasteiger partial charge in [0.25, 0.3) is 0 Å². The fraction of sp³-hybridized carbons (Fsp3) is 0.643. The Morgan fingerprint density at radius 3 is 2.82 bits per heavy atom. The van der Waals surface area contributed by atoms with Crippen molar-refractivity contribution in [1.29, 1.82) is 0 Å². The van der Waals surface area contributed by atoms with Crippen LogP contribution in [0.25, 0.3) is 0 Å². The van der Waals surface area contributed by atoms with Crippen LogP contribution in [0.1, 0.15) is 31.2 Å². The van der Waals surface area contributed by atoms with Crippen LogP contribution in [0.2, 0.25) is 0 Å². The molecule has 2 bridgehead atoms. The van der Waals surface area contributed by atoms with Gasteiger partial charge in [0, 0.05) is 22.2 Å². The predicted molar refractivity (Wildman–Crippen MR) is 77.3 cm³/mol. The summed E-state index contributed by atoms with van der Waals surface area (Å²) in [6.45, 7) is 0. The van der Waals surface area contributed by atoms with Crippen LogP contribution in [0, 0.1) is 17.3 Å². The van der Waals surface area contributed by atoms with Crippen LogP contribution in [0.15, 0.2) is 22.9 Å². The van der Waals surface area contributed by atoms with Crippen molar-refractivity contribution in [3.63, 3.8) is 0 Å². The predicted octanol–water partition coefficient (Wildman–Crippen LogP) is 4.59. The van der Waals surface area contributed by atoms with E-state index < -0.39 is 0 Å². The number of pyridine rings is 1. The average molecular weight is 359 g/mol. The molecule has 1 aromatic heterocycles. The minimum atomic E-state index is 0.505. The van der Waals surface area contributed by atoms with E-state index in [4.69, 9.17) is 0 Å². The summed E-state index contributed by atoms with van der Waals surface area (Å²) >= 11 is 7.30. The molecule has 3 atom stereocenters. The molecule has 17 heavy (non-hydrogen) atoms. The number of nitrogens with zero attached hydrogens (tertiary/aromatic N) is 1. The maximum atomic E-state index is 4.29. The summed E-state index contributed by atoms with van der Waals surface area (Å²) in [7, 11) is 0. The van der Waals surface area contributed by atoms with E-state index in [-0.39, 0.29) is 0 Å². The van der Waals surface area contributed by atoms with Crippen molar-refractivity contribution >= 4 is 31.9 Å². The van der Waals surface area contributed by atoms with Crippen molar-refractivity contribution in [2.75, 3.05) is 5.33 Å². The van der Waals surface area contributed by atoms with Gasteiger partial charge >= 0.3 is 0 Å². The fourth-order valence-corrected chi connectivity index (χ4v) is 5.24. The number of fused-ring (bicyclic) bond motifs is 2. The van der Waals surface area contributed by atoms with Gasteiger partial charge in [-0.2, -0.15) is 0 Å². The molecule has 3 rings (SSSR count). The van der Waals surface area contributed by atoms with Crippen molar-refractivity contribution in [1.82, 2.24) is 4.98 Å². The lowest BCUT2D eigenvalue weighted by molar-refractivity contribution is 0.196. The van der Waals surface area contributed by atoms with Crippen LogP contribution in [0.4, 0.5) is 0 Å². The molecule has 0 spiro atoms. The van der Waals surface area contributed by atoms with Crippen LogP contribution in [0.5, 0.6) is 0 Å². The fourth-order valence-electron chi connectivity index (χ4n) is 3.94. The topological polar surface area (TPSA) is 12.9 Å². The maximum absolute atomic E-state index is 4.29. The number of hydrogen-bond donors (Lipinski definition) is 0. The first kappa shape index (κ1) is 12.2. The van der Waals surface area contributed by atoms with E-state index >= 15 is 0 Å². The highest BCUT2D eigenvalue weighted by Gasteiger charge is 2.49. The Balaban J connectivity index is 1.83.